The minimum Gasteiger partial charge on any atom is -0.378 e. The number of rotatable bonds is 3. The third-order valence-corrected chi connectivity index (χ3v) is 5.04. The highest BCUT2D eigenvalue weighted by molar-refractivity contribution is 5.86. The molecule has 2 aliphatic rings. The van der Waals surface area contributed by atoms with E-state index in [1.807, 2.05) is 4.90 Å². The molecule has 0 N–H and O–H groups in total. The van der Waals surface area contributed by atoms with Gasteiger partial charge in [-0.05, 0) is 30.3 Å². The fraction of sp³-hybridized carbons (Fsp3) is 0.529. The SMILES string of the molecule is O=C([C@@H]1CCCCN1c1nc2ccccn2c1[N+](=O)[O-])N1CCOCC1. The Bertz CT molecular complexity index is 830. The van der Waals surface area contributed by atoms with Gasteiger partial charge in [0.05, 0.1) is 19.4 Å². The van der Waals surface area contributed by atoms with E-state index in [1.54, 1.807) is 29.3 Å². The summed E-state index contributed by atoms with van der Waals surface area (Å²) in [7, 11) is 0. The van der Waals surface area contributed by atoms with Crippen molar-refractivity contribution in [2.45, 2.75) is 25.3 Å². The first-order chi connectivity index (χ1) is 12.7. The molecule has 1 amide bonds. The highest BCUT2D eigenvalue weighted by Gasteiger charge is 2.38. The number of ether oxygens (including phenoxy) is 1. The number of imidazole rings is 1. The number of aromatic nitrogens is 2. The molecule has 0 unspecified atom stereocenters. The van der Waals surface area contributed by atoms with Crippen LogP contribution < -0.4 is 4.90 Å². The van der Waals surface area contributed by atoms with Crippen LogP contribution in [-0.2, 0) is 9.53 Å². The number of anilines is 1. The Hall–Kier alpha value is -2.68. The molecule has 2 aromatic heterocycles. The number of amides is 1. The van der Waals surface area contributed by atoms with Gasteiger partial charge in [0.1, 0.15) is 6.04 Å². The lowest BCUT2D eigenvalue weighted by Gasteiger charge is -2.38. The predicted molar refractivity (Wildman–Crippen MR) is 94.2 cm³/mol. The lowest BCUT2D eigenvalue weighted by Crippen LogP contribution is -2.53. The minimum absolute atomic E-state index is 0.0133. The molecule has 0 aromatic carbocycles. The maximum absolute atomic E-state index is 13.1. The molecule has 0 saturated carbocycles. The van der Waals surface area contributed by atoms with Crippen LogP contribution in [0.3, 0.4) is 0 Å². The Balaban J connectivity index is 1.72. The summed E-state index contributed by atoms with van der Waals surface area (Å²) in [6, 6.07) is 4.85. The van der Waals surface area contributed by atoms with Gasteiger partial charge in [-0.25, -0.2) is 0 Å². The number of nitrogens with zero attached hydrogens (tertiary/aromatic N) is 5. The van der Waals surface area contributed by atoms with Crippen LogP contribution in [-0.4, -0.2) is 64.0 Å². The van der Waals surface area contributed by atoms with Gasteiger partial charge in [-0.2, -0.15) is 9.38 Å². The summed E-state index contributed by atoms with van der Waals surface area (Å²) in [6.07, 6.45) is 4.13. The van der Waals surface area contributed by atoms with E-state index in [4.69, 9.17) is 4.74 Å². The second kappa shape index (κ2) is 6.91. The summed E-state index contributed by atoms with van der Waals surface area (Å²) in [4.78, 5) is 32.5. The molecule has 9 nitrogen and oxygen atoms in total. The predicted octanol–water partition coefficient (Wildman–Crippen LogP) is 1.46. The molecule has 2 fully saturated rings. The van der Waals surface area contributed by atoms with Gasteiger partial charge in [0.25, 0.3) is 0 Å². The smallest absolute Gasteiger partial charge is 0.372 e. The number of pyridine rings is 1. The summed E-state index contributed by atoms with van der Waals surface area (Å²) in [6.45, 7) is 2.79. The van der Waals surface area contributed by atoms with Crippen LogP contribution in [0.5, 0.6) is 0 Å². The summed E-state index contributed by atoms with van der Waals surface area (Å²) >= 11 is 0. The van der Waals surface area contributed by atoms with E-state index in [1.165, 1.54) is 4.40 Å². The highest BCUT2D eigenvalue weighted by atomic mass is 16.6. The molecule has 138 valence electrons. The van der Waals surface area contributed by atoms with Gasteiger partial charge in [-0.3, -0.25) is 4.79 Å². The quantitative estimate of drug-likeness (QED) is 0.608. The van der Waals surface area contributed by atoms with Gasteiger partial charge in [0.15, 0.2) is 0 Å². The number of carbonyl (C=O) groups excluding carboxylic acids is 1. The van der Waals surface area contributed by atoms with Crippen LogP contribution in [0.15, 0.2) is 24.4 Å². The molecular weight excluding hydrogens is 338 g/mol. The lowest BCUT2D eigenvalue weighted by molar-refractivity contribution is -0.389. The molecule has 0 bridgehead atoms. The summed E-state index contributed by atoms with van der Waals surface area (Å²) in [5, 5.41) is 11.7. The Morgan fingerprint density at radius 2 is 2.04 bits per heavy atom. The van der Waals surface area contributed by atoms with Crippen LogP contribution in [0.2, 0.25) is 0 Å². The average Bonchev–Trinajstić information content (AvgIpc) is 3.08. The number of piperidine rings is 1. The van der Waals surface area contributed by atoms with E-state index in [0.29, 0.717) is 44.9 Å². The molecule has 0 spiro atoms. The molecule has 2 aliphatic heterocycles. The van der Waals surface area contributed by atoms with Gasteiger partial charge in [-0.15, -0.1) is 0 Å². The third kappa shape index (κ3) is 2.88. The van der Waals surface area contributed by atoms with Crippen LogP contribution in [0.4, 0.5) is 11.6 Å². The zero-order valence-electron chi connectivity index (χ0n) is 14.4. The normalized spacial score (nSPS) is 21.2. The van der Waals surface area contributed by atoms with Gasteiger partial charge < -0.3 is 24.7 Å². The van der Waals surface area contributed by atoms with Crippen molar-refractivity contribution >= 4 is 23.2 Å². The number of morpholine rings is 1. The summed E-state index contributed by atoms with van der Waals surface area (Å²) in [5.41, 5.74) is 0.511. The first kappa shape index (κ1) is 16.8. The van der Waals surface area contributed by atoms with Crippen molar-refractivity contribution in [2.24, 2.45) is 0 Å². The van der Waals surface area contributed by atoms with Crippen molar-refractivity contribution in [1.82, 2.24) is 14.3 Å². The fourth-order valence-corrected chi connectivity index (χ4v) is 3.77. The van der Waals surface area contributed by atoms with Crippen molar-refractivity contribution in [3.05, 3.63) is 34.5 Å². The van der Waals surface area contributed by atoms with Crippen LogP contribution in [0.1, 0.15) is 19.3 Å². The maximum atomic E-state index is 13.1. The minimum atomic E-state index is -0.416. The molecule has 4 rings (SSSR count). The molecule has 2 aromatic rings. The third-order valence-electron chi connectivity index (χ3n) is 5.04. The van der Waals surface area contributed by atoms with E-state index in [9.17, 15) is 14.9 Å². The number of carbonyl (C=O) groups is 1. The fourth-order valence-electron chi connectivity index (χ4n) is 3.77. The van der Waals surface area contributed by atoms with Crippen molar-refractivity contribution in [3.8, 4) is 0 Å². The first-order valence-electron chi connectivity index (χ1n) is 8.91. The number of hydrogen-bond acceptors (Lipinski definition) is 6. The Morgan fingerprint density at radius 1 is 1.23 bits per heavy atom. The van der Waals surface area contributed by atoms with Gasteiger partial charge >= 0.3 is 5.82 Å². The van der Waals surface area contributed by atoms with E-state index in [-0.39, 0.29) is 17.5 Å². The molecule has 0 aliphatic carbocycles. The van der Waals surface area contributed by atoms with E-state index < -0.39 is 11.0 Å². The Kier molecular flexibility index (Phi) is 4.46. The second-order valence-electron chi connectivity index (χ2n) is 6.59. The maximum Gasteiger partial charge on any atom is 0.372 e. The summed E-state index contributed by atoms with van der Waals surface area (Å²) < 4.78 is 6.80. The molecule has 1 atom stereocenters. The zero-order valence-corrected chi connectivity index (χ0v) is 14.4. The van der Waals surface area contributed by atoms with Crippen molar-refractivity contribution in [2.75, 3.05) is 37.7 Å². The summed E-state index contributed by atoms with van der Waals surface area (Å²) in [5.74, 6) is 0.217. The van der Waals surface area contributed by atoms with Gasteiger partial charge in [0.2, 0.25) is 17.4 Å². The topological polar surface area (TPSA) is 93.2 Å². The van der Waals surface area contributed by atoms with Crippen molar-refractivity contribution in [3.63, 3.8) is 0 Å². The number of hydrogen-bond donors (Lipinski definition) is 0. The van der Waals surface area contributed by atoms with E-state index in [0.717, 1.165) is 12.8 Å². The van der Waals surface area contributed by atoms with Gasteiger partial charge in [0, 0.05) is 25.7 Å². The Morgan fingerprint density at radius 3 is 2.81 bits per heavy atom. The molecule has 26 heavy (non-hydrogen) atoms. The monoisotopic (exact) mass is 359 g/mol. The van der Waals surface area contributed by atoms with Crippen LogP contribution in [0.25, 0.3) is 5.65 Å². The molecule has 4 heterocycles. The van der Waals surface area contributed by atoms with Gasteiger partial charge in [-0.1, -0.05) is 6.07 Å². The zero-order chi connectivity index (χ0) is 18.1. The van der Waals surface area contributed by atoms with Crippen molar-refractivity contribution in [1.29, 1.82) is 0 Å². The van der Waals surface area contributed by atoms with E-state index in [2.05, 4.69) is 4.98 Å². The molecule has 0 radical (unpaired) electrons. The van der Waals surface area contributed by atoms with Crippen LogP contribution >= 0.6 is 0 Å². The second-order valence-corrected chi connectivity index (χ2v) is 6.59. The van der Waals surface area contributed by atoms with Crippen molar-refractivity contribution < 1.29 is 14.5 Å². The first-order valence-corrected chi connectivity index (χ1v) is 8.91. The molecule has 9 heteroatoms. The standard InChI is InChI=1S/C17H21N5O4/c23-17(19-9-11-26-12-10-19)13-5-1-3-7-20(13)15-16(22(24)25)21-8-4-2-6-14(21)18-15/h2,4,6,8,13H,1,3,5,7,9-12H2/t13-/m0/s1. The van der Waals surface area contributed by atoms with Crippen LogP contribution in [0, 0.1) is 10.1 Å². The molecule has 2 saturated heterocycles. The molecular formula is C17H21N5O4. The lowest BCUT2D eigenvalue weighted by atomic mass is 10.0. The number of nitro groups is 1. The Labute approximate surface area is 150 Å². The number of fused-ring (bicyclic) bond motifs is 1. The largest absolute Gasteiger partial charge is 0.378 e. The highest BCUT2D eigenvalue weighted by Crippen LogP contribution is 2.33. The average molecular weight is 359 g/mol. The van der Waals surface area contributed by atoms with E-state index >= 15 is 0 Å².